The van der Waals surface area contributed by atoms with E-state index in [0.717, 1.165) is 0 Å². The fraction of sp³-hybridized carbons (Fsp3) is 0.500. The number of ether oxygens (including phenoxy) is 1. The summed E-state index contributed by atoms with van der Waals surface area (Å²) >= 11 is 0. The van der Waals surface area contributed by atoms with Crippen LogP contribution in [0.2, 0.25) is 0 Å². The van der Waals surface area contributed by atoms with Gasteiger partial charge in [0.1, 0.15) is 0 Å². The van der Waals surface area contributed by atoms with Crippen LogP contribution >= 0.6 is 0 Å². The Kier molecular flexibility index (Phi) is 5.76. The number of hydrogen-bond acceptors (Lipinski definition) is 3. The van der Waals surface area contributed by atoms with Crippen LogP contribution in [-0.2, 0) is 0 Å². The topological polar surface area (TPSA) is 58.6 Å². The van der Waals surface area contributed by atoms with E-state index in [0.29, 0.717) is 0 Å². The number of halogens is 1. The number of para-hydroxylation sites is 1. The number of aliphatic hydroxyl groups excluding tert-OH is 1. The fourth-order valence-electron chi connectivity index (χ4n) is 1.56. The monoisotopic (exact) mass is 269 g/mol. The first-order valence-electron chi connectivity index (χ1n) is 6.34. The Morgan fingerprint density at radius 3 is 2.74 bits per heavy atom. The summed E-state index contributed by atoms with van der Waals surface area (Å²) in [6.07, 6.45) is 0. The van der Waals surface area contributed by atoms with E-state index >= 15 is 0 Å². The van der Waals surface area contributed by atoms with Crippen LogP contribution < -0.4 is 10.1 Å². The molecule has 4 nitrogen and oxygen atoms in total. The minimum absolute atomic E-state index is 0.0249. The summed E-state index contributed by atoms with van der Waals surface area (Å²) in [5, 5.41) is 11.8. The standard InChI is InChI=1S/C14H20FNO3/c1-4-19-13-11(6-5-7-12(13)15)14(18)16-10(3)9(2)8-17/h5-7,9-10,17H,4,8H2,1-3H3,(H,16,18). The number of aliphatic hydroxyl groups is 1. The summed E-state index contributed by atoms with van der Waals surface area (Å²) in [6, 6.07) is 4.02. The van der Waals surface area contributed by atoms with Crippen LogP contribution in [0.4, 0.5) is 4.39 Å². The average Bonchev–Trinajstić information content (AvgIpc) is 2.40. The van der Waals surface area contributed by atoms with Crippen molar-refractivity contribution < 1.29 is 19.0 Å². The molecule has 0 spiro atoms. The molecule has 0 radical (unpaired) electrons. The smallest absolute Gasteiger partial charge is 0.255 e. The van der Waals surface area contributed by atoms with Gasteiger partial charge in [-0.25, -0.2) is 4.39 Å². The van der Waals surface area contributed by atoms with E-state index in [2.05, 4.69) is 5.32 Å². The zero-order valence-electron chi connectivity index (χ0n) is 11.4. The minimum atomic E-state index is -0.558. The quantitative estimate of drug-likeness (QED) is 0.830. The van der Waals surface area contributed by atoms with Crippen molar-refractivity contribution in [1.82, 2.24) is 5.32 Å². The maximum Gasteiger partial charge on any atom is 0.255 e. The predicted octanol–water partition coefficient (Wildman–Crippen LogP) is 1.97. The van der Waals surface area contributed by atoms with Gasteiger partial charge in [-0.05, 0) is 31.9 Å². The number of amides is 1. The van der Waals surface area contributed by atoms with Crippen molar-refractivity contribution >= 4 is 5.91 Å². The molecule has 1 aromatic carbocycles. The van der Waals surface area contributed by atoms with Crippen LogP contribution in [0.1, 0.15) is 31.1 Å². The van der Waals surface area contributed by atoms with Crippen molar-refractivity contribution in [3.05, 3.63) is 29.6 Å². The van der Waals surface area contributed by atoms with Crippen molar-refractivity contribution in [3.63, 3.8) is 0 Å². The van der Waals surface area contributed by atoms with Crippen LogP contribution in [0.15, 0.2) is 18.2 Å². The summed E-state index contributed by atoms with van der Waals surface area (Å²) in [7, 11) is 0. The summed E-state index contributed by atoms with van der Waals surface area (Å²) in [5.41, 5.74) is 0.166. The van der Waals surface area contributed by atoms with Crippen LogP contribution in [0.5, 0.6) is 5.75 Å². The molecule has 0 aromatic heterocycles. The molecule has 2 unspecified atom stereocenters. The Labute approximate surface area is 112 Å². The van der Waals surface area contributed by atoms with Crippen molar-refractivity contribution in [1.29, 1.82) is 0 Å². The first-order chi connectivity index (χ1) is 9.01. The molecule has 0 saturated carbocycles. The maximum absolute atomic E-state index is 13.6. The molecule has 106 valence electrons. The summed E-state index contributed by atoms with van der Waals surface area (Å²) < 4.78 is 18.8. The van der Waals surface area contributed by atoms with Gasteiger partial charge in [0.05, 0.1) is 12.2 Å². The van der Waals surface area contributed by atoms with E-state index in [4.69, 9.17) is 9.84 Å². The Morgan fingerprint density at radius 2 is 2.16 bits per heavy atom. The molecule has 1 rings (SSSR count). The Morgan fingerprint density at radius 1 is 1.47 bits per heavy atom. The van der Waals surface area contributed by atoms with Gasteiger partial charge in [0, 0.05) is 12.6 Å². The molecule has 19 heavy (non-hydrogen) atoms. The summed E-state index contributed by atoms with van der Waals surface area (Å²) in [6.45, 7) is 5.59. The molecule has 0 fully saturated rings. The summed E-state index contributed by atoms with van der Waals surface area (Å²) in [4.78, 5) is 12.1. The van der Waals surface area contributed by atoms with Crippen molar-refractivity contribution in [2.24, 2.45) is 5.92 Å². The van der Waals surface area contributed by atoms with Gasteiger partial charge in [-0.3, -0.25) is 4.79 Å². The molecule has 0 aliphatic carbocycles. The zero-order valence-corrected chi connectivity index (χ0v) is 11.4. The van der Waals surface area contributed by atoms with E-state index < -0.39 is 11.7 Å². The van der Waals surface area contributed by atoms with E-state index in [1.54, 1.807) is 13.8 Å². The second-order valence-electron chi connectivity index (χ2n) is 4.47. The van der Waals surface area contributed by atoms with Gasteiger partial charge in [0.25, 0.3) is 5.91 Å². The maximum atomic E-state index is 13.6. The lowest BCUT2D eigenvalue weighted by atomic mass is 10.0. The van der Waals surface area contributed by atoms with Crippen LogP contribution in [0.3, 0.4) is 0 Å². The minimum Gasteiger partial charge on any atom is -0.490 e. The van der Waals surface area contributed by atoms with E-state index in [9.17, 15) is 9.18 Å². The third kappa shape index (κ3) is 3.92. The van der Waals surface area contributed by atoms with Crippen molar-refractivity contribution in [2.75, 3.05) is 13.2 Å². The highest BCUT2D eigenvalue weighted by Crippen LogP contribution is 2.23. The molecule has 0 aliphatic heterocycles. The molecule has 5 heteroatoms. The number of carbonyl (C=O) groups excluding carboxylic acids is 1. The van der Waals surface area contributed by atoms with Gasteiger partial charge in [0.15, 0.2) is 11.6 Å². The second-order valence-corrected chi connectivity index (χ2v) is 4.47. The molecular formula is C14H20FNO3. The first-order valence-corrected chi connectivity index (χ1v) is 6.34. The Balaban J connectivity index is 2.90. The third-order valence-corrected chi connectivity index (χ3v) is 3.00. The van der Waals surface area contributed by atoms with Gasteiger partial charge in [-0.15, -0.1) is 0 Å². The van der Waals surface area contributed by atoms with Gasteiger partial charge < -0.3 is 15.2 Å². The highest BCUT2D eigenvalue weighted by Gasteiger charge is 2.20. The number of carbonyl (C=O) groups is 1. The molecule has 2 atom stereocenters. The van der Waals surface area contributed by atoms with Crippen LogP contribution in [0, 0.1) is 11.7 Å². The molecule has 1 amide bonds. The number of benzene rings is 1. The van der Waals surface area contributed by atoms with Crippen LogP contribution in [0.25, 0.3) is 0 Å². The number of nitrogens with one attached hydrogen (secondary N) is 1. The lowest BCUT2D eigenvalue weighted by molar-refractivity contribution is 0.0911. The Bertz CT molecular complexity index is 437. The molecule has 0 bridgehead atoms. The van der Waals surface area contributed by atoms with Gasteiger partial charge in [-0.1, -0.05) is 13.0 Å². The second kappa shape index (κ2) is 7.09. The molecule has 1 aromatic rings. The normalized spacial score (nSPS) is 13.7. The lowest BCUT2D eigenvalue weighted by Gasteiger charge is -2.20. The van der Waals surface area contributed by atoms with E-state index in [1.807, 2.05) is 6.92 Å². The van der Waals surface area contributed by atoms with E-state index in [-0.39, 0.29) is 36.5 Å². The third-order valence-electron chi connectivity index (χ3n) is 3.00. The van der Waals surface area contributed by atoms with Gasteiger partial charge in [-0.2, -0.15) is 0 Å². The lowest BCUT2D eigenvalue weighted by Crippen LogP contribution is -2.38. The molecule has 0 saturated heterocycles. The predicted molar refractivity (Wildman–Crippen MR) is 70.7 cm³/mol. The van der Waals surface area contributed by atoms with Crippen molar-refractivity contribution in [2.45, 2.75) is 26.8 Å². The van der Waals surface area contributed by atoms with Crippen molar-refractivity contribution in [3.8, 4) is 5.75 Å². The zero-order chi connectivity index (χ0) is 14.4. The SMILES string of the molecule is CCOc1c(F)cccc1C(=O)NC(C)C(C)CO. The first kappa shape index (κ1) is 15.4. The fourth-order valence-corrected chi connectivity index (χ4v) is 1.56. The molecular weight excluding hydrogens is 249 g/mol. The molecule has 0 aliphatic rings. The van der Waals surface area contributed by atoms with E-state index in [1.165, 1.54) is 18.2 Å². The molecule has 0 heterocycles. The average molecular weight is 269 g/mol. The van der Waals surface area contributed by atoms with Gasteiger partial charge >= 0.3 is 0 Å². The van der Waals surface area contributed by atoms with Crippen LogP contribution in [-0.4, -0.2) is 30.3 Å². The largest absolute Gasteiger partial charge is 0.490 e. The summed E-state index contributed by atoms with van der Waals surface area (Å²) in [5.74, 6) is -1.08. The van der Waals surface area contributed by atoms with Gasteiger partial charge in [0.2, 0.25) is 0 Å². The number of rotatable bonds is 6. The highest BCUT2D eigenvalue weighted by atomic mass is 19.1. The highest BCUT2D eigenvalue weighted by molar-refractivity contribution is 5.97. The number of hydrogen-bond donors (Lipinski definition) is 2. The molecule has 2 N–H and O–H groups in total. The Hall–Kier alpha value is -1.62.